The Morgan fingerprint density at radius 2 is 1.80 bits per heavy atom. The Morgan fingerprint density at radius 1 is 1.20 bits per heavy atom. The van der Waals surface area contributed by atoms with E-state index in [1.807, 2.05) is 20.8 Å². The van der Waals surface area contributed by atoms with Crippen molar-refractivity contribution < 1.29 is 9.53 Å². The molecule has 2 aliphatic rings. The number of nitrogens with one attached hydrogen (secondary N) is 2. The number of amides is 1. The lowest BCUT2D eigenvalue weighted by Crippen LogP contribution is -2.56. The van der Waals surface area contributed by atoms with Crippen LogP contribution in [-0.2, 0) is 4.74 Å². The minimum absolute atomic E-state index is 0.277. The van der Waals surface area contributed by atoms with E-state index < -0.39 is 5.60 Å². The summed E-state index contributed by atoms with van der Waals surface area (Å²) in [6.45, 7) is 7.92. The van der Waals surface area contributed by atoms with Crippen molar-refractivity contribution in [3.63, 3.8) is 0 Å². The molecule has 5 nitrogen and oxygen atoms in total. The van der Waals surface area contributed by atoms with Crippen molar-refractivity contribution in [2.75, 3.05) is 20.1 Å². The zero-order valence-electron chi connectivity index (χ0n) is 13.2. The summed E-state index contributed by atoms with van der Waals surface area (Å²) in [4.78, 5) is 14.2. The smallest absolute Gasteiger partial charge is 0.407 e. The molecule has 0 atom stereocenters. The summed E-state index contributed by atoms with van der Waals surface area (Å²) in [5.74, 6) is 0. The van der Waals surface area contributed by atoms with Crippen molar-refractivity contribution in [3.05, 3.63) is 0 Å². The van der Waals surface area contributed by atoms with Gasteiger partial charge in [-0.05, 0) is 66.6 Å². The molecule has 0 spiro atoms. The normalized spacial score (nSPS) is 28.1. The third kappa shape index (κ3) is 4.35. The fraction of sp³-hybridized carbons (Fsp3) is 0.933. The van der Waals surface area contributed by atoms with Gasteiger partial charge in [-0.3, -0.25) is 0 Å². The number of rotatable bonds is 3. The standard InChI is InChI=1S/C15H29N3O2/c1-15(2,3)20-14(19)17-11-9-13(10-11)18(4)12-5-7-16-8-6-12/h11-13,16H,5-10H2,1-4H3,(H,17,19). The van der Waals surface area contributed by atoms with Gasteiger partial charge in [0.25, 0.3) is 0 Å². The summed E-state index contributed by atoms with van der Waals surface area (Å²) >= 11 is 0. The minimum atomic E-state index is -0.418. The topological polar surface area (TPSA) is 53.6 Å². The highest BCUT2D eigenvalue weighted by molar-refractivity contribution is 5.68. The molecule has 0 aromatic heterocycles. The van der Waals surface area contributed by atoms with Crippen molar-refractivity contribution in [2.45, 2.75) is 70.2 Å². The Kier molecular flexibility index (Phi) is 4.91. The van der Waals surface area contributed by atoms with E-state index in [1.165, 1.54) is 12.8 Å². The van der Waals surface area contributed by atoms with E-state index in [-0.39, 0.29) is 12.1 Å². The molecule has 20 heavy (non-hydrogen) atoms. The monoisotopic (exact) mass is 283 g/mol. The van der Waals surface area contributed by atoms with E-state index in [0.29, 0.717) is 12.1 Å². The number of alkyl carbamates (subject to hydrolysis) is 1. The third-order valence-corrected chi connectivity index (χ3v) is 4.29. The van der Waals surface area contributed by atoms with Crippen LogP contribution in [-0.4, -0.2) is 54.9 Å². The molecule has 2 rings (SSSR count). The Labute approximate surface area is 122 Å². The second-order valence-corrected chi connectivity index (χ2v) is 7.12. The minimum Gasteiger partial charge on any atom is -0.444 e. The van der Waals surface area contributed by atoms with E-state index >= 15 is 0 Å². The van der Waals surface area contributed by atoms with Gasteiger partial charge in [0.1, 0.15) is 5.60 Å². The molecule has 0 aromatic rings. The van der Waals surface area contributed by atoms with Crippen LogP contribution in [0.4, 0.5) is 4.79 Å². The molecule has 1 aliphatic carbocycles. The van der Waals surface area contributed by atoms with Crippen LogP contribution in [0.5, 0.6) is 0 Å². The van der Waals surface area contributed by atoms with E-state index in [1.54, 1.807) is 0 Å². The van der Waals surface area contributed by atoms with Crippen molar-refractivity contribution in [3.8, 4) is 0 Å². The van der Waals surface area contributed by atoms with E-state index in [4.69, 9.17) is 4.74 Å². The first-order chi connectivity index (χ1) is 9.35. The van der Waals surface area contributed by atoms with Crippen LogP contribution in [0.15, 0.2) is 0 Å². The van der Waals surface area contributed by atoms with Crippen molar-refractivity contribution >= 4 is 6.09 Å². The molecular weight excluding hydrogens is 254 g/mol. The quantitative estimate of drug-likeness (QED) is 0.828. The van der Waals surface area contributed by atoms with Crippen LogP contribution in [0.3, 0.4) is 0 Å². The largest absolute Gasteiger partial charge is 0.444 e. The lowest BCUT2D eigenvalue weighted by atomic mass is 9.84. The second kappa shape index (κ2) is 6.31. The predicted octanol–water partition coefficient (Wildman–Crippen LogP) is 1.73. The molecule has 5 heteroatoms. The zero-order valence-corrected chi connectivity index (χ0v) is 13.2. The summed E-state index contributed by atoms with van der Waals surface area (Å²) in [6.07, 6.45) is 4.26. The molecule has 2 N–H and O–H groups in total. The molecule has 1 saturated carbocycles. The lowest BCUT2D eigenvalue weighted by molar-refractivity contribution is 0.0345. The highest BCUT2D eigenvalue weighted by Gasteiger charge is 2.36. The van der Waals surface area contributed by atoms with Gasteiger partial charge in [0.15, 0.2) is 0 Å². The molecule has 1 heterocycles. The first kappa shape index (κ1) is 15.6. The van der Waals surface area contributed by atoms with Crippen LogP contribution in [0.1, 0.15) is 46.5 Å². The molecule has 2 fully saturated rings. The summed E-state index contributed by atoms with van der Waals surface area (Å²) in [7, 11) is 2.23. The third-order valence-electron chi connectivity index (χ3n) is 4.29. The van der Waals surface area contributed by atoms with Gasteiger partial charge in [-0.1, -0.05) is 0 Å². The molecule has 0 aromatic carbocycles. The summed E-state index contributed by atoms with van der Waals surface area (Å²) < 4.78 is 5.28. The van der Waals surface area contributed by atoms with Crippen LogP contribution in [0.2, 0.25) is 0 Å². The van der Waals surface area contributed by atoms with E-state index in [0.717, 1.165) is 25.9 Å². The van der Waals surface area contributed by atoms with Crippen molar-refractivity contribution in [1.29, 1.82) is 0 Å². The van der Waals surface area contributed by atoms with E-state index in [9.17, 15) is 4.79 Å². The summed E-state index contributed by atoms with van der Waals surface area (Å²) in [5.41, 5.74) is -0.418. The van der Waals surface area contributed by atoms with Gasteiger partial charge >= 0.3 is 6.09 Å². The van der Waals surface area contributed by atoms with E-state index in [2.05, 4.69) is 22.6 Å². The molecule has 0 bridgehead atoms. The van der Waals surface area contributed by atoms with Crippen LogP contribution >= 0.6 is 0 Å². The number of hydrogen-bond acceptors (Lipinski definition) is 4. The molecule has 1 amide bonds. The van der Waals surface area contributed by atoms with Gasteiger partial charge in [-0.15, -0.1) is 0 Å². The SMILES string of the molecule is CN(C1CCNCC1)C1CC(NC(=O)OC(C)(C)C)C1. The van der Waals surface area contributed by atoms with Gasteiger partial charge < -0.3 is 20.3 Å². The zero-order chi connectivity index (χ0) is 14.8. The average Bonchev–Trinajstić information content (AvgIpc) is 2.31. The molecule has 0 unspecified atom stereocenters. The first-order valence-electron chi connectivity index (χ1n) is 7.77. The average molecular weight is 283 g/mol. The molecule has 1 aliphatic heterocycles. The van der Waals surface area contributed by atoms with Gasteiger partial charge in [-0.2, -0.15) is 0 Å². The van der Waals surface area contributed by atoms with Crippen molar-refractivity contribution in [2.24, 2.45) is 0 Å². The Hall–Kier alpha value is -0.810. The molecule has 116 valence electrons. The number of carbonyl (C=O) groups is 1. The molecular formula is C15H29N3O2. The van der Waals surface area contributed by atoms with Gasteiger partial charge in [0, 0.05) is 18.1 Å². The lowest BCUT2D eigenvalue weighted by Gasteiger charge is -2.45. The maximum atomic E-state index is 11.7. The number of ether oxygens (including phenoxy) is 1. The highest BCUT2D eigenvalue weighted by atomic mass is 16.6. The predicted molar refractivity (Wildman–Crippen MR) is 79.8 cm³/mol. The first-order valence-corrected chi connectivity index (χ1v) is 7.77. The Balaban J connectivity index is 1.67. The highest BCUT2D eigenvalue weighted by Crippen LogP contribution is 2.28. The fourth-order valence-corrected chi connectivity index (χ4v) is 3.02. The van der Waals surface area contributed by atoms with Gasteiger partial charge in [0.2, 0.25) is 0 Å². The second-order valence-electron chi connectivity index (χ2n) is 7.12. The molecule has 1 saturated heterocycles. The number of nitrogens with zero attached hydrogens (tertiary/aromatic N) is 1. The molecule has 0 radical (unpaired) electrons. The Bertz CT molecular complexity index is 329. The maximum Gasteiger partial charge on any atom is 0.407 e. The number of piperidine rings is 1. The summed E-state index contributed by atoms with van der Waals surface area (Å²) in [6, 6.07) is 1.58. The van der Waals surface area contributed by atoms with Crippen LogP contribution in [0.25, 0.3) is 0 Å². The fourth-order valence-electron chi connectivity index (χ4n) is 3.02. The van der Waals surface area contributed by atoms with Gasteiger partial charge in [0.05, 0.1) is 0 Å². The maximum absolute atomic E-state index is 11.7. The summed E-state index contributed by atoms with van der Waals surface area (Å²) in [5, 5.41) is 6.36. The van der Waals surface area contributed by atoms with Crippen LogP contribution < -0.4 is 10.6 Å². The van der Waals surface area contributed by atoms with Gasteiger partial charge in [-0.25, -0.2) is 4.79 Å². The number of hydrogen-bond donors (Lipinski definition) is 2. The Morgan fingerprint density at radius 3 is 2.35 bits per heavy atom. The van der Waals surface area contributed by atoms with Crippen LogP contribution in [0, 0.1) is 0 Å². The van der Waals surface area contributed by atoms with Crippen molar-refractivity contribution in [1.82, 2.24) is 15.5 Å². The number of carbonyl (C=O) groups excluding carboxylic acids is 1.